The summed E-state index contributed by atoms with van der Waals surface area (Å²) in [5.74, 6) is -0.521. The number of phenolic OH excluding ortho intramolecular Hbond substituents is 1. The Labute approximate surface area is 135 Å². The molecule has 1 unspecified atom stereocenters. The first kappa shape index (κ1) is 16.3. The highest BCUT2D eigenvalue weighted by Crippen LogP contribution is 2.38. The zero-order valence-corrected chi connectivity index (χ0v) is 12.6. The Morgan fingerprint density at radius 3 is 2.71 bits per heavy atom. The van der Waals surface area contributed by atoms with Gasteiger partial charge in [0.05, 0.1) is 17.0 Å². The number of alkyl halides is 3. The SMILES string of the molecule is CCc1nc2ncccn2c1C(O)c1ccc(O)c(C(F)(F)F)c1. The minimum Gasteiger partial charge on any atom is -0.507 e. The normalized spacial score (nSPS) is 13.4. The van der Waals surface area contributed by atoms with E-state index in [1.54, 1.807) is 22.9 Å². The number of phenols is 1. The van der Waals surface area contributed by atoms with E-state index in [4.69, 9.17) is 0 Å². The van der Waals surface area contributed by atoms with Crippen molar-refractivity contribution >= 4 is 5.78 Å². The fourth-order valence-corrected chi connectivity index (χ4v) is 2.61. The number of aryl methyl sites for hydroxylation is 1. The lowest BCUT2D eigenvalue weighted by atomic mass is 10.0. The minimum absolute atomic E-state index is 0.0143. The lowest BCUT2D eigenvalue weighted by Gasteiger charge is -2.16. The molecule has 3 rings (SSSR count). The molecular weight excluding hydrogens is 323 g/mol. The lowest BCUT2D eigenvalue weighted by Crippen LogP contribution is -2.10. The van der Waals surface area contributed by atoms with Crippen molar-refractivity contribution in [1.29, 1.82) is 0 Å². The number of hydrogen-bond donors (Lipinski definition) is 2. The highest BCUT2D eigenvalue weighted by molar-refractivity contribution is 5.44. The van der Waals surface area contributed by atoms with Crippen LogP contribution in [-0.4, -0.2) is 24.6 Å². The molecule has 0 aliphatic rings. The summed E-state index contributed by atoms with van der Waals surface area (Å²) in [5.41, 5.74) is -0.272. The number of aliphatic hydroxyl groups excluding tert-OH is 1. The minimum atomic E-state index is -4.71. The molecule has 8 heteroatoms. The summed E-state index contributed by atoms with van der Waals surface area (Å²) < 4.78 is 40.4. The summed E-state index contributed by atoms with van der Waals surface area (Å²) in [4.78, 5) is 8.36. The number of hydrogen-bond acceptors (Lipinski definition) is 4. The molecule has 5 nitrogen and oxygen atoms in total. The third-order valence-electron chi connectivity index (χ3n) is 3.75. The molecule has 2 heterocycles. The van der Waals surface area contributed by atoms with Gasteiger partial charge in [0.25, 0.3) is 0 Å². The van der Waals surface area contributed by atoms with E-state index in [-0.39, 0.29) is 5.56 Å². The lowest BCUT2D eigenvalue weighted by molar-refractivity contribution is -0.138. The molecule has 0 radical (unpaired) electrons. The maximum atomic E-state index is 13.0. The quantitative estimate of drug-likeness (QED) is 0.770. The van der Waals surface area contributed by atoms with Crippen LogP contribution in [0.25, 0.3) is 5.78 Å². The number of aromatic hydroxyl groups is 1. The number of fused-ring (bicyclic) bond motifs is 1. The maximum absolute atomic E-state index is 13.0. The maximum Gasteiger partial charge on any atom is 0.419 e. The molecule has 0 saturated carbocycles. The predicted octanol–water partition coefficient (Wildman–Crippen LogP) is 3.10. The highest BCUT2D eigenvalue weighted by atomic mass is 19.4. The van der Waals surface area contributed by atoms with Gasteiger partial charge in [-0.05, 0) is 30.2 Å². The third-order valence-corrected chi connectivity index (χ3v) is 3.75. The number of aromatic nitrogens is 3. The predicted molar refractivity (Wildman–Crippen MR) is 79.5 cm³/mol. The van der Waals surface area contributed by atoms with Crippen LogP contribution in [0.1, 0.15) is 35.5 Å². The van der Waals surface area contributed by atoms with Crippen molar-refractivity contribution in [2.75, 3.05) is 0 Å². The third kappa shape index (κ3) is 2.69. The summed E-state index contributed by atoms with van der Waals surface area (Å²) >= 11 is 0. The van der Waals surface area contributed by atoms with E-state index >= 15 is 0 Å². The summed E-state index contributed by atoms with van der Waals surface area (Å²) in [6.45, 7) is 1.83. The van der Waals surface area contributed by atoms with Crippen molar-refractivity contribution < 1.29 is 23.4 Å². The summed E-state index contributed by atoms with van der Waals surface area (Å²) in [6, 6.07) is 4.57. The number of nitrogens with zero attached hydrogens (tertiary/aromatic N) is 3. The van der Waals surface area contributed by atoms with E-state index in [1.807, 2.05) is 6.92 Å². The Balaban J connectivity index is 2.15. The molecule has 0 fully saturated rings. The van der Waals surface area contributed by atoms with Crippen molar-refractivity contribution in [3.8, 4) is 5.75 Å². The van der Waals surface area contributed by atoms with Crippen LogP contribution in [0.4, 0.5) is 13.2 Å². The Kier molecular flexibility index (Phi) is 3.92. The van der Waals surface area contributed by atoms with Crippen molar-refractivity contribution in [1.82, 2.24) is 14.4 Å². The monoisotopic (exact) mass is 337 g/mol. The van der Waals surface area contributed by atoms with Gasteiger partial charge in [0.2, 0.25) is 5.78 Å². The van der Waals surface area contributed by atoms with Gasteiger partial charge in [0.1, 0.15) is 11.9 Å². The molecule has 0 spiro atoms. The van der Waals surface area contributed by atoms with Crippen LogP contribution in [0.2, 0.25) is 0 Å². The van der Waals surface area contributed by atoms with E-state index in [0.717, 1.165) is 12.1 Å². The number of rotatable bonds is 3. The van der Waals surface area contributed by atoms with Crippen LogP contribution in [0.3, 0.4) is 0 Å². The van der Waals surface area contributed by atoms with Gasteiger partial charge >= 0.3 is 6.18 Å². The fraction of sp³-hybridized carbons (Fsp3) is 0.250. The van der Waals surface area contributed by atoms with Gasteiger partial charge < -0.3 is 10.2 Å². The first-order valence-corrected chi connectivity index (χ1v) is 7.23. The molecule has 1 aromatic carbocycles. The standard InChI is InChI=1S/C16H14F3N3O2/c1-2-11-13(22-7-3-6-20-15(22)21-11)14(24)9-4-5-12(23)10(8-9)16(17,18)19/h3-8,14,23-24H,2H2,1H3. The average molecular weight is 337 g/mol. The van der Waals surface area contributed by atoms with Crippen molar-refractivity contribution in [3.63, 3.8) is 0 Å². The molecule has 0 aliphatic carbocycles. The van der Waals surface area contributed by atoms with Gasteiger partial charge in [-0.15, -0.1) is 0 Å². The van der Waals surface area contributed by atoms with Gasteiger partial charge in [-0.2, -0.15) is 13.2 Å². The Morgan fingerprint density at radius 2 is 2.04 bits per heavy atom. The van der Waals surface area contributed by atoms with Crippen LogP contribution >= 0.6 is 0 Å². The first-order valence-electron chi connectivity index (χ1n) is 7.23. The van der Waals surface area contributed by atoms with Gasteiger partial charge in [-0.1, -0.05) is 13.0 Å². The fourth-order valence-electron chi connectivity index (χ4n) is 2.61. The Bertz CT molecular complexity index is 890. The molecular formula is C16H14F3N3O2. The number of halogens is 3. The topological polar surface area (TPSA) is 70.7 Å². The van der Waals surface area contributed by atoms with E-state index in [9.17, 15) is 23.4 Å². The molecule has 2 N–H and O–H groups in total. The zero-order chi connectivity index (χ0) is 17.5. The second kappa shape index (κ2) is 5.79. The van der Waals surface area contributed by atoms with Gasteiger partial charge in [0.15, 0.2) is 0 Å². The Morgan fingerprint density at radius 1 is 1.29 bits per heavy atom. The van der Waals surface area contributed by atoms with E-state index in [1.165, 1.54) is 6.07 Å². The molecule has 3 aromatic rings. The molecule has 1 atom stereocenters. The van der Waals surface area contributed by atoms with Crippen LogP contribution in [0.5, 0.6) is 5.75 Å². The number of aliphatic hydroxyl groups is 1. The summed E-state index contributed by atoms with van der Waals surface area (Å²) in [5, 5.41) is 20.1. The zero-order valence-electron chi connectivity index (χ0n) is 12.6. The largest absolute Gasteiger partial charge is 0.507 e. The van der Waals surface area contributed by atoms with Gasteiger partial charge in [-0.25, -0.2) is 9.97 Å². The van der Waals surface area contributed by atoms with Crippen molar-refractivity contribution in [3.05, 3.63) is 59.2 Å². The highest BCUT2D eigenvalue weighted by Gasteiger charge is 2.35. The van der Waals surface area contributed by atoms with Gasteiger partial charge in [0, 0.05) is 12.4 Å². The van der Waals surface area contributed by atoms with E-state index in [2.05, 4.69) is 9.97 Å². The number of benzene rings is 1. The first-order chi connectivity index (χ1) is 11.3. The molecule has 0 aliphatic heterocycles. The summed E-state index contributed by atoms with van der Waals surface area (Å²) in [7, 11) is 0. The van der Waals surface area contributed by atoms with Crippen LogP contribution in [0, 0.1) is 0 Å². The molecule has 2 aromatic heterocycles. The molecule has 0 bridgehead atoms. The van der Waals surface area contributed by atoms with Crippen LogP contribution in [-0.2, 0) is 12.6 Å². The average Bonchev–Trinajstić information content (AvgIpc) is 2.92. The van der Waals surface area contributed by atoms with E-state index < -0.39 is 23.6 Å². The van der Waals surface area contributed by atoms with Crippen molar-refractivity contribution in [2.24, 2.45) is 0 Å². The second-order valence-corrected chi connectivity index (χ2v) is 5.26. The molecule has 126 valence electrons. The van der Waals surface area contributed by atoms with E-state index in [0.29, 0.717) is 23.6 Å². The molecule has 0 saturated heterocycles. The van der Waals surface area contributed by atoms with Crippen LogP contribution in [0.15, 0.2) is 36.7 Å². The second-order valence-electron chi connectivity index (χ2n) is 5.26. The van der Waals surface area contributed by atoms with Crippen molar-refractivity contribution in [2.45, 2.75) is 25.6 Å². The summed E-state index contributed by atoms with van der Waals surface area (Å²) in [6.07, 6.45) is -2.38. The molecule has 0 amide bonds. The smallest absolute Gasteiger partial charge is 0.419 e. The number of imidazole rings is 1. The molecule has 24 heavy (non-hydrogen) atoms. The van der Waals surface area contributed by atoms with Gasteiger partial charge in [-0.3, -0.25) is 4.40 Å². The van der Waals surface area contributed by atoms with Crippen LogP contribution < -0.4 is 0 Å². The Hall–Kier alpha value is -2.61.